The second-order valence-corrected chi connectivity index (χ2v) is 4.15. The third-order valence-corrected chi connectivity index (χ3v) is 2.78. The lowest BCUT2D eigenvalue weighted by molar-refractivity contribution is 0.0953. The molecular formula is C12H16ClNO. The van der Waals surface area contributed by atoms with Crippen molar-refractivity contribution < 1.29 is 4.79 Å². The van der Waals surface area contributed by atoms with Gasteiger partial charge in [-0.1, -0.05) is 25.1 Å². The molecule has 0 aromatic heterocycles. The van der Waals surface area contributed by atoms with E-state index in [1.54, 1.807) is 0 Å². The van der Waals surface area contributed by atoms with E-state index in [1.165, 1.54) is 0 Å². The van der Waals surface area contributed by atoms with Gasteiger partial charge in [-0.3, -0.25) is 4.79 Å². The summed E-state index contributed by atoms with van der Waals surface area (Å²) in [5, 5.41) is 2.83. The predicted octanol–water partition coefficient (Wildman–Crippen LogP) is 2.74. The Balaban J connectivity index is 2.58. The van der Waals surface area contributed by atoms with E-state index >= 15 is 0 Å². The number of nitrogens with one attached hydrogen (secondary N) is 1. The number of rotatable bonds is 4. The molecule has 82 valence electrons. The molecule has 0 heterocycles. The molecule has 0 saturated heterocycles. The quantitative estimate of drug-likeness (QED) is 0.785. The standard InChI is InChI=1S/C12H16ClNO/c1-3-10(13)8-14-12(15)11-7-5-4-6-9(11)2/h4-7,10H,3,8H2,1-2H3,(H,14,15). The van der Waals surface area contributed by atoms with Gasteiger partial charge >= 0.3 is 0 Å². The van der Waals surface area contributed by atoms with Crippen molar-refractivity contribution in [1.29, 1.82) is 0 Å². The van der Waals surface area contributed by atoms with E-state index < -0.39 is 0 Å². The van der Waals surface area contributed by atoms with Gasteiger partial charge in [0.15, 0.2) is 0 Å². The van der Waals surface area contributed by atoms with Crippen LogP contribution in [-0.2, 0) is 0 Å². The first-order valence-electron chi connectivity index (χ1n) is 5.13. The van der Waals surface area contributed by atoms with Gasteiger partial charge < -0.3 is 5.32 Å². The number of hydrogen-bond acceptors (Lipinski definition) is 1. The van der Waals surface area contributed by atoms with E-state index in [-0.39, 0.29) is 11.3 Å². The van der Waals surface area contributed by atoms with Crippen molar-refractivity contribution in [2.24, 2.45) is 0 Å². The molecule has 0 radical (unpaired) electrons. The second kappa shape index (κ2) is 5.76. The fourth-order valence-corrected chi connectivity index (χ4v) is 1.35. The van der Waals surface area contributed by atoms with Gasteiger partial charge in [-0.05, 0) is 25.0 Å². The molecule has 1 rings (SSSR count). The maximum absolute atomic E-state index is 11.7. The molecule has 0 aliphatic carbocycles. The fraction of sp³-hybridized carbons (Fsp3) is 0.417. The average molecular weight is 226 g/mol. The zero-order valence-corrected chi connectivity index (χ0v) is 9.84. The van der Waals surface area contributed by atoms with Crippen LogP contribution in [0.2, 0.25) is 0 Å². The number of hydrogen-bond donors (Lipinski definition) is 1. The van der Waals surface area contributed by atoms with Gasteiger partial charge in [-0.15, -0.1) is 11.6 Å². The summed E-state index contributed by atoms with van der Waals surface area (Å²) in [4.78, 5) is 11.7. The zero-order valence-electron chi connectivity index (χ0n) is 9.09. The Hall–Kier alpha value is -1.02. The summed E-state index contributed by atoms with van der Waals surface area (Å²) in [5.41, 5.74) is 1.70. The molecular weight excluding hydrogens is 210 g/mol. The van der Waals surface area contributed by atoms with Crippen molar-refractivity contribution in [3.8, 4) is 0 Å². The number of aryl methyl sites for hydroxylation is 1. The minimum Gasteiger partial charge on any atom is -0.351 e. The molecule has 0 bridgehead atoms. The first-order valence-corrected chi connectivity index (χ1v) is 5.56. The molecule has 0 spiro atoms. The van der Waals surface area contributed by atoms with Crippen molar-refractivity contribution in [1.82, 2.24) is 5.32 Å². The highest BCUT2D eigenvalue weighted by atomic mass is 35.5. The maximum Gasteiger partial charge on any atom is 0.251 e. The number of benzene rings is 1. The van der Waals surface area contributed by atoms with E-state index in [0.29, 0.717) is 6.54 Å². The van der Waals surface area contributed by atoms with Gasteiger partial charge in [0, 0.05) is 12.1 Å². The molecule has 1 aromatic carbocycles. The number of amides is 1. The molecule has 0 saturated carbocycles. The summed E-state index contributed by atoms with van der Waals surface area (Å²) >= 11 is 5.92. The van der Waals surface area contributed by atoms with Crippen LogP contribution in [0.15, 0.2) is 24.3 Å². The SMILES string of the molecule is CCC(Cl)CNC(=O)c1ccccc1C. The van der Waals surface area contributed by atoms with Gasteiger partial charge in [0.1, 0.15) is 0 Å². The molecule has 0 aliphatic heterocycles. The van der Waals surface area contributed by atoms with Crippen LogP contribution in [0.3, 0.4) is 0 Å². The maximum atomic E-state index is 11.7. The summed E-state index contributed by atoms with van der Waals surface area (Å²) in [6.45, 7) is 4.44. The molecule has 1 unspecified atom stereocenters. The first-order chi connectivity index (χ1) is 7.15. The molecule has 1 atom stereocenters. The third kappa shape index (κ3) is 3.56. The summed E-state index contributed by atoms with van der Waals surface area (Å²) in [5.74, 6) is -0.0489. The lowest BCUT2D eigenvalue weighted by Gasteiger charge is -2.09. The summed E-state index contributed by atoms with van der Waals surface area (Å²) in [6, 6.07) is 7.52. The molecule has 3 heteroatoms. The molecule has 1 amide bonds. The number of carbonyl (C=O) groups excluding carboxylic acids is 1. The lowest BCUT2D eigenvalue weighted by Crippen LogP contribution is -2.29. The largest absolute Gasteiger partial charge is 0.351 e. The van der Waals surface area contributed by atoms with Gasteiger partial charge in [0.25, 0.3) is 5.91 Å². The smallest absolute Gasteiger partial charge is 0.251 e. The van der Waals surface area contributed by atoms with Crippen molar-refractivity contribution in [2.45, 2.75) is 25.6 Å². The highest BCUT2D eigenvalue weighted by Crippen LogP contribution is 2.07. The number of halogens is 1. The minimum atomic E-state index is -0.0489. The lowest BCUT2D eigenvalue weighted by atomic mass is 10.1. The topological polar surface area (TPSA) is 29.1 Å². The highest BCUT2D eigenvalue weighted by Gasteiger charge is 2.09. The van der Waals surface area contributed by atoms with Crippen LogP contribution in [0.5, 0.6) is 0 Å². The number of carbonyl (C=O) groups is 1. The van der Waals surface area contributed by atoms with E-state index in [2.05, 4.69) is 5.32 Å². The predicted molar refractivity (Wildman–Crippen MR) is 63.4 cm³/mol. The van der Waals surface area contributed by atoms with Crippen LogP contribution in [0, 0.1) is 6.92 Å². The van der Waals surface area contributed by atoms with Gasteiger partial charge in [-0.25, -0.2) is 0 Å². The highest BCUT2D eigenvalue weighted by molar-refractivity contribution is 6.20. The zero-order chi connectivity index (χ0) is 11.3. The average Bonchev–Trinajstić information content (AvgIpc) is 2.26. The molecule has 2 nitrogen and oxygen atoms in total. The Labute approximate surface area is 95.6 Å². The monoisotopic (exact) mass is 225 g/mol. The Morgan fingerprint density at radius 2 is 2.13 bits per heavy atom. The van der Waals surface area contributed by atoms with Crippen molar-refractivity contribution in [3.63, 3.8) is 0 Å². The third-order valence-electron chi connectivity index (χ3n) is 2.32. The normalized spacial score (nSPS) is 12.2. The van der Waals surface area contributed by atoms with Gasteiger partial charge in [0.05, 0.1) is 5.38 Å². The van der Waals surface area contributed by atoms with E-state index in [0.717, 1.165) is 17.5 Å². The summed E-state index contributed by atoms with van der Waals surface area (Å²) in [7, 11) is 0. The molecule has 1 N–H and O–H groups in total. The fourth-order valence-electron chi connectivity index (χ4n) is 1.27. The molecule has 15 heavy (non-hydrogen) atoms. The Morgan fingerprint density at radius 3 is 2.73 bits per heavy atom. The van der Waals surface area contributed by atoms with Crippen LogP contribution < -0.4 is 5.32 Å². The second-order valence-electron chi connectivity index (χ2n) is 3.53. The summed E-state index contributed by atoms with van der Waals surface area (Å²) < 4.78 is 0. The van der Waals surface area contributed by atoms with Crippen LogP contribution in [0.1, 0.15) is 29.3 Å². The van der Waals surface area contributed by atoms with Crippen molar-refractivity contribution >= 4 is 17.5 Å². The van der Waals surface area contributed by atoms with E-state index in [9.17, 15) is 4.79 Å². The van der Waals surface area contributed by atoms with E-state index in [4.69, 9.17) is 11.6 Å². The van der Waals surface area contributed by atoms with Crippen LogP contribution in [0.4, 0.5) is 0 Å². The van der Waals surface area contributed by atoms with Crippen molar-refractivity contribution in [2.75, 3.05) is 6.54 Å². The summed E-state index contributed by atoms with van der Waals surface area (Å²) in [6.07, 6.45) is 0.857. The Bertz CT molecular complexity index is 338. The molecule has 1 aromatic rings. The van der Waals surface area contributed by atoms with Gasteiger partial charge in [0.2, 0.25) is 0 Å². The molecule has 0 fully saturated rings. The van der Waals surface area contributed by atoms with E-state index in [1.807, 2.05) is 38.1 Å². The first kappa shape index (κ1) is 12.1. The van der Waals surface area contributed by atoms with Gasteiger partial charge in [-0.2, -0.15) is 0 Å². The Kier molecular flexibility index (Phi) is 4.63. The Morgan fingerprint density at radius 1 is 1.47 bits per heavy atom. The van der Waals surface area contributed by atoms with Crippen LogP contribution >= 0.6 is 11.6 Å². The minimum absolute atomic E-state index is 0.0120. The van der Waals surface area contributed by atoms with Crippen LogP contribution in [0.25, 0.3) is 0 Å². The number of alkyl halides is 1. The molecule has 0 aliphatic rings. The van der Waals surface area contributed by atoms with Crippen molar-refractivity contribution in [3.05, 3.63) is 35.4 Å². The van der Waals surface area contributed by atoms with Crippen LogP contribution in [-0.4, -0.2) is 17.8 Å².